The van der Waals surface area contributed by atoms with Crippen LogP contribution in [0.4, 0.5) is 17.3 Å². The first kappa shape index (κ1) is 60.3. The monoisotopic (exact) mass is 1410 g/mol. The molecular formula is C53H35Br2Cl3N12O7S6. The molecule has 0 saturated heterocycles. The van der Waals surface area contributed by atoms with Crippen molar-refractivity contribution in [3.63, 3.8) is 0 Å². The van der Waals surface area contributed by atoms with Gasteiger partial charge in [-0.15, -0.1) is 68.0 Å². The number of aromatic amines is 1. The second kappa shape index (κ2) is 26.5. The summed E-state index contributed by atoms with van der Waals surface area (Å²) < 4.78 is 3.48. The highest BCUT2D eigenvalue weighted by molar-refractivity contribution is 9.10. The number of rotatable bonds is 9. The minimum atomic E-state index is -1.15. The average Bonchev–Trinajstić information content (AvgIpc) is 1.85. The van der Waals surface area contributed by atoms with Gasteiger partial charge in [-0.3, -0.25) is 42.7 Å². The summed E-state index contributed by atoms with van der Waals surface area (Å²) in [4.78, 5) is 108. The normalized spacial score (nSPS) is 12.9. The number of ketones is 1. The lowest BCUT2D eigenvalue weighted by Gasteiger charge is -2.30. The summed E-state index contributed by atoms with van der Waals surface area (Å²) in [5.74, 6) is -0.424. The Morgan fingerprint density at radius 2 is 1.01 bits per heavy atom. The standard InChI is InChI=1S/C19H12ClN5O2S2.C15H8BrClN2O2S2.C9H6OS2.C6H4BrClN2O2.C4H5N3/c20-11-9-12(23-15-5-6-21-10-22-15)18(27)25-16(11)17(26)24-19(25,13-3-1-7-28-13)14-4-2-8-29-14;16-8-7-9(17)12-13(20)18-15(19(12)14(8)21,10-3-1-5-22-10)11-4-2-6-23-11;10-9(7-3-1-5-11-7)8-4-2-6-12-8;7-2-1-3(8)4(5(9)11)10-6(2)12;5-4-1-2-6-3-7-4/h1-10H,(H,24,26)(H,21,22,23);1-7H,(H,18,20);1-6H;1H,(H2,9,11)(H,10,12);1-3H,(H2,5,6,7). The van der Waals surface area contributed by atoms with Crippen LogP contribution in [0.25, 0.3) is 0 Å². The molecule has 0 spiro atoms. The molecule has 13 rings (SSSR count). The minimum absolute atomic E-state index is 0.0788. The largest absolute Gasteiger partial charge is 0.384 e. The molecule has 3 amide bonds. The van der Waals surface area contributed by atoms with E-state index < -0.39 is 28.7 Å². The van der Waals surface area contributed by atoms with E-state index in [4.69, 9.17) is 46.3 Å². The maximum Gasteiger partial charge on any atom is 0.277 e. The first-order chi connectivity index (χ1) is 40.0. The molecule has 0 bridgehead atoms. The number of primary amides is 1. The van der Waals surface area contributed by atoms with Gasteiger partial charge >= 0.3 is 0 Å². The number of anilines is 3. The number of hydrogen-bond acceptors (Lipinski definition) is 19. The zero-order valence-corrected chi connectivity index (χ0v) is 52.0. The van der Waals surface area contributed by atoms with E-state index >= 15 is 0 Å². The molecule has 2 aliphatic heterocycles. The molecule has 11 aromatic rings. The fourth-order valence-electron chi connectivity index (χ4n) is 8.12. The fraction of sp³-hybridized carbons (Fsp3) is 0.0377. The summed E-state index contributed by atoms with van der Waals surface area (Å²) in [6, 6.07) is 30.2. The lowest BCUT2D eigenvalue weighted by atomic mass is 10.1. The first-order valence-corrected chi connectivity index (χ1v) is 31.4. The van der Waals surface area contributed by atoms with Crippen LogP contribution in [0.15, 0.2) is 184 Å². The van der Waals surface area contributed by atoms with Crippen LogP contribution >= 0.6 is 135 Å². The van der Waals surface area contributed by atoms with Crippen molar-refractivity contribution in [2.45, 2.75) is 11.3 Å². The van der Waals surface area contributed by atoms with Crippen LogP contribution in [0.1, 0.15) is 65.5 Å². The lowest BCUT2D eigenvalue weighted by Crippen LogP contribution is -2.48. The van der Waals surface area contributed by atoms with Gasteiger partial charge in [0.15, 0.2) is 11.3 Å². The van der Waals surface area contributed by atoms with Crippen LogP contribution in [0.2, 0.25) is 15.1 Å². The third-order valence-electron chi connectivity index (χ3n) is 11.6. The van der Waals surface area contributed by atoms with Crippen molar-refractivity contribution in [2.75, 3.05) is 11.1 Å². The molecule has 0 unspecified atom stereocenters. The van der Waals surface area contributed by atoms with E-state index in [0.29, 0.717) is 16.1 Å². The quantitative estimate of drug-likeness (QED) is 0.0734. The highest BCUT2D eigenvalue weighted by atomic mass is 79.9. The van der Waals surface area contributed by atoms with Crippen molar-refractivity contribution in [1.82, 2.24) is 44.7 Å². The summed E-state index contributed by atoms with van der Waals surface area (Å²) in [5, 5.41) is 21.0. The molecule has 30 heteroatoms. The molecule has 2 aliphatic rings. The Labute approximate surface area is 524 Å². The number of H-pyrrole nitrogens is 1. The van der Waals surface area contributed by atoms with E-state index in [9.17, 15) is 33.6 Å². The second-order valence-electron chi connectivity index (χ2n) is 16.6. The van der Waals surface area contributed by atoms with E-state index in [0.717, 1.165) is 29.3 Å². The van der Waals surface area contributed by atoms with Crippen molar-refractivity contribution >= 4 is 176 Å². The molecule has 0 aromatic carbocycles. The zero-order valence-electron chi connectivity index (χ0n) is 41.6. The highest BCUT2D eigenvalue weighted by Gasteiger charge is 2.51. The van der Waals surface area contributed by atoms with Crippen molar-refractivity contribution < 1.29 is 19.2 Å². The van der Waals surface area contributed by atoms with E-state index in [1.54, 1.807) is 24.5 Å². The number of nitrogens with one attached hydrogen (secondary N) is 4. The van der Waals surface area contributed by atoms with Gasteiger partial charge in [0.1, 0.15) is 47.1 Å². The summed E-state index contributed by atoms with van der Waals surface area (Å²) in [6.45, 7) is 0. The number of nitrogen functional groups attached to an aromatic ring is 1. The SMILES string of the molecule is NC(=O)c1[nH]c(=O)c(Br)cc1Cl.Nc1ccncn1.O=C(c1cccs1)c1cccs1.O=C1NC(c2cccs2)(c2cccs2)n2c1c(Cl)cc(Br)c2=O.O=C1NC(c2cccs2)(c2cccs2)n2c1c(Cl)cc(Nc1ccncn1)c2=O. The van der Waals surface area contributed by atoms with E-state index in [1.807, 2.05) is 105 Å². The Balaban J connectivity index is 0.000000135. The van der Waals surface area contributed by atoms with Gasteiger partial charge in [0.2, 0.25) is 5.78 Å². The summed E-state index contributed by atoms with van der Waals surface area (Å²) >= 11 is 33.3. The number of carbonyl (C=O) groups excluding carboxylic acids is 4. The highest BCUT2D eigenvalue weighted by Crippen LogP contribution is 2.44. The van der Waals surface area contributed by atoms with Crippen molar-refractivity contribution in [2.24, 2.45) is 5.73 Å². The average molecular weight is 1410 g/mol. The van der Waals surface area contributed by atoms with Gasteiger partial charge in [0.05, 0.1) is 53.3 Å². The smallest absolute Gasteiger partial charge is 0.277 e. The number of hydrogen-bond donors (Lipinski definition) is 6. The van der Waals surface area contributed by atoms with Crippen LogP contribution in [0.5, 0.6) is 0 Å². The van der Waals surface area contributed by atoms with Gasteiger partial charge in [0.25, 0.3) is 34.4 Å². The van der Waals surface area contributed by atoms with Gasteiger partial charge in [-0.05, 0) is 131 Å². The number of thiophene rings is 6. The number of pyridine rings is 3. The first-order valence-electron chi connectivity index (χ1n) is 23.4. The molecule has 11 aromatic heterocycles. The minimum Gasteiger partial charge on any atom is -0.384 e. The number of fused-ring (bicyclic) bond motifs is 2. The molecule has 0 fully saturated rings. The Morgan fingerprint density at radius 3 is 1.41 bits per heavy atom. The van der Waals surface area contributed by atoms with Crippen LogP contribution in [-0.2, 0) is 11.3 Å². The predicted octanol–water partition coefficient (Wildman–Crippen LogP) is 11.5. The van der Waals surface area contributed by atoms with Crippen molar-refractivity contribution in [3.05, 3.63) is 262 Å². The third-order valence-corrected chi connectivity index (χ3v) is 19.3. The summed E-state index contributed by atoms with van der Waals surface area (Å²) in [5.41, 5.74) is 7.25. The van der Waals surface area contributed by atoms with Crippen LogP contribution in [0, 0.1) is 0 Å². The number of nitrogens with two attached hydrogens (primary N) is 2. The predicted molar refractivity (Wildman–Crippen MR) is 336 cm³/mol. The Morgan fingerprint density at radius 1 is 0.566 bits per heavy atom. The number of nitrogens with zero attached hydrogens (tertiary/aromatic N) is 6. The van der Waals surface area contributed by atoms with Gasteiger partial charge in [-0.25, -0.2) is 19.9 Å². The Kier molecular flexibility index (Phi) is 19.3. The topological polar surface area (TPSA) is 285 Å². The number of halogens is 5. The molecule has 0 atom stereocenters. The van der Waals surface area contributed by atoms with Crippen molar-refractivity contribution in [3.8, 4) is 0 Å². The fourth-order valence-corrected chi connectivity index (χ4v) is 15.0. The van der Waals surface area contributed by atoms with Crippen LogP contribution in [0.3, 0.4) is 0 Å². The molecule has 8 N–H and O–H groups in total. The van der Waals surface area contributed by atoms with Crippen LogP contribution in [-0.4, -0.2) is 57.6 Å². The molecule has 19 nitrogen and oxygen atoms in total. The summed E-state index contributed by atoms with van der Waals surface area (Å²) in [7, 11) is 0. The maximum absolute atomic E-state index is 13.6. The molecule has 0 saturated carbocycles. The molecule has 83 heavy (non-hydrogen) atoms. The molecular weight excluding hydrogens is 1380 g/mol. The lowest BCUT2D eigenvalue weighted by molar-refractivity contribution is 0.0939. The second-order valence-corrected chi connectivity index (χ2v) is 25.3. The van der Waals surface area contributed by atoms with Gasteiger partial charge in [-0.2, -0.15) is 0 Å². The van der Waals surface area contributed by atoms with E-state index in [1.165, 1.54) is 108 Å². The molecule has 13 heterocycles. The Hall–Kier alpha value is -7.28. The molecule has 0 radical (unpaired) electrons. The van der Waals surface area contributed by atoms with Gasteiger partial charge in [0, 0.05) is 12.4 Å². The van der Waals surface area contributed by atoms with E-state index in [-0.39, 0.29) is 65.1 Å². The number of amides is 3. The summed E-state index contributed by atoms with van der Waals surface area (Å²) in [6.07, 6.45) is 5.95. The van der Waals surface area contributed by atoms with Crippen LogP contribution < -0.4 is 44.1 Å². The maximum atomic E-state index is 13.6. The van der Waals surface area contributed by atoms with Gasteiger partial charge in [-0.1, -0.05) is 71.2 Å². The number of aromatic nitrogens is 7. The van der Waals surface area contributed by atoms with E-state index in [2.05, 4.69) is 72.7 Å². The van der Waals surface area contributed by atoms with Gasteiger partial charge < -0.3 is 32.4 Å². The van der Waals surface area contributed by atoms with Crippen molar-refractivity contribution in [1.29, 1.82) is 0 Å². The zero-order chi connectivity index (χ0) is 59.0. The molecule has 0 aliphatic carbocycles. The Bertz CT molecular complexity index is 4170. The number of carbonyl (C=O) groups is 4. The third kappa shape index (κ3) is 12.7. The molecule has 420 valence electrons.